The smallest absolute Gasteiger partial charge is 0.342 e. The molecule has 1 aromatic carbocycles. The van der Waals surface area contributed by atoms with E-state index in [0.29, 0.717) is 12.1 Å². The van der Waals surface area contributed by atoms with Gasteiger partial charge in [0.15, 0.2) is 5.70 Å². The predicted octanol–water partition coefficient (Wildman–Crippen LogP) is 0.464. The highest BCUT2D eigenvalue weighted by molar-refractivity contribution is 6.11. The number of benzene rings is 1. The van der Waals surface area contributed by atoms with Gasteiger partial charge in [-0.05, 0) is 0 Å². The summed E-state index contributed by atoms with van der Waals surface area (Å²) in [6.07, 6.45) is 0. The van der Waals surface area contributed by atoms with E-state index in [9.17, 15) is 45.3 Å². The molecule has 1 atom stereocenters. The summed E-state index contributed by atoms with van der Waals surface area (Å²) in [7, 11) is 0. The van der Waals surface area contributed by atoms with Crippen molar-refractivity contribution < 1.29 is 24.5 Å². The highest BCUT2D eigenvalue weighted by Crippen LogP contribution is 2.41. The maximum absolute atomic E-state index is 12.1. The molecule has 0 spiro atoms. The summed E-state index contributed by atoms with van der Waals surface area (Å²) in [5.74, 6) is -1.47. The maximum Gasteiger partial charge on any atom is 0.342 e. The van der Waals surface area contributed by atoms with E-state index in [-0.39, 0.29) is 0 Å². The Morgan fingerprint density at radius 3 is 1.92 bits per heavy atom. The van der Waals surface area contributed by atoms with Gasteiger partial charge in [0, 0.05) is 11.0 Å². The van der Waals surface area contributed by atoms with E-state index >= 15 is 0 Å². The van der Waals surface area contributed by atoms with Crippen LogP contribution in [0.2, 0.25) is 0 Å². The lowest BCUT2D eigenvalue weighted by Gasteiger charge is -2.17. The number of nitrogens with zero attached hydrogens (tertiary/aromatic N) is 4. The van der Waals surface area contributed by atoms with Crippen molar-refractivity contribution >= 4 is 17.2 Å². The van der Waals surface area contributed by atoms with Crippen molar-refractivity contribution in [2.75, 3.05) is 0 Å². The number of Topliss-reactive ketones (excluding diaryl/α,β-unsaturated/α-hetero) is 1. The fourth-order valence-electron chi connectivity index (χ4n) is 2.31. The molecule has 1 aliphatic carbocycles. The number of carbonyl (C=O) groups excluding carboxylic acids is 1. The van der Waals surface area contributed by atoms with Crippen LogP contribution in [0.25, 0.3) is 0 Å². The molecule has 0 saturated carbocycles. The number of carbonyl (C=O) groups is 1. The molecule has 0 aliphatic heterocycles. The third kappa shape index (κ3) is 2.27. The van der Waals surface area contributed by atoms with E-state index in [1.807, 2.05) is 0 Å². The van der Waals surface area contributed by atoms with Crippen LogP contribution in [-0.4, -0.2) is 25.5 Å². The van der Waals surface area contributed by atoms with E-state index in [0.717, 1.165) is 0 Å². The van der Waals surface area contributed by atoms with Gasteiger partial charge in [0.05, 0.1) is 26.4 Å². The summed E-state index contributed by atoms with van der Waals surface area (Å²) < 4.78 is 0. The molecule has 0 bridgehead atoms. The Balaban J connectivity index is 2.97. The Bertz CT molecular complexity index is 874. The van der Waals surface area contributed by atoms with Gasteiger partial charge in [0.2, 0.25) is 0 Å². The zero-order chi connectivity index (χ0) is 18.3. The van der Waals surface area contributed by atoms with Crippen LogP contribution in [0.1, 0.15) is 22.0 Å². The largest absolute Gasteiger partial charge is 0.390 e. The van der Waals surface area contributed by atoms with Crippen molar-refractivity contribution in [1.29, 1.82) is 0 Å². The third-order valence-electron chi connectivity index (χ3n) is 3.25. The van der Waals surface area contributed by atoms with Crippen molar-refractivity contribution in [3.63, 3.8) is 0 Å². The van der Waals surface area contributed by atoms with E-state index in [1.54, 1.807) is 0 Å². The topological polar surface area (TPSA) is 216 Å². The van der Waals surface area contributed by atoms with Gasteiger partial charge in [-0.25, -0.2) is 0 Å². The Hall–Kier alpha value is -3.97. The quantitative estimate of drug-likeness (QED) is 0.590. The number of non-ortho nitro benzene ring substituents is 1. The number of ketones is 1. The minimum atomic E-state index is -2.25. The summed E-state index contributed by atoms with van der Waals surface area (Å²) >= 11 is 0. The molecule has 0 aromatic heterocycles. The van der Waals surface area contributed by atoms with Gasteiger partial charge in [0.25, 0.3) is 23.2 Å². The second kappa shape index (κ2) is 5.34. The SMILES string of the molecule is NC1=C([N+](=O)[O-])C(=O)c2cc([N+](=O)[O-])cc([N+](=O)[O-])c2[C@H]1[N+](=O)[O-]. The number of hydrogen-bond donors (Lipinski definition) is 1. The molecule has 0 fully saturated rings. The summed E-state index contributed by atoms with van der Waals surface area (Å²) in [6.45, 7) is 0. The van der Waals surface area contributed by atoms with E-state index < -0.39 is 65.4 Å². The van der Waals surface area contributed by atoms with Gasteiger partial charge < -0.3 is 5.73 Å². The van der Waals surface area contributed by atoms with Crippen molar-refractivity contribution in [2.45, 2.75) is 6.04 Å². The number of nitrogens with two attached hydrogens (primary N) is 1. The fraction of sp³-hybridized carbons (Fsp3) is 0.100. The Kier molecular flexibility index (Phi) is 3.65. The zero-order valence-corrected chi connectivity index (χ0v) is 11.3. The highest BCUT2D eigenvalue weighted by Gasteiger charge is 2.50. The molecular formula is C10H5N5O9. The molecule has 0 unspecified atom stereocenters. The number of hydrogen-bond acceptors (Lipinski definition) is 10. The molecular weight excluding hydrogens is 334 g/mol. The van der Waals surface area contributed by atoms with Crippen LogP contribution in [0.3, 0.4) is 0 Å². The number of rotatable bonds is 4. The first-order chi connectivity index (χ1) is 11.1. The molecule has 0 radical (unpaired) electrons. The second-order valence-corrected chi connectivity index (χ2v) is 4.52. The zero-order valence-electron chi connectivity index (χ0n) is 11.3. The van der Waals surface area contributed by atoms with E-state index in [1.165, 1.54) is 0 Å². The van der Waals surface area contributed by atoms with Crippen LogP contribution in [-0.2, 0) is 0 Å². The molecule has 14 nitrogen and oxygen atoms in total. The van der Waals surface area contributed by atoms with Crippen LogP contribution >= 0.6 is 0 Å². The summed E-state index contributed by atoms with van der Waals surface area (Å²) in [5.41, 5.74) is -0.837. The van der Waals surface area contributed by atoms with E-state index in [4.69, 9.17) is 5.73 Å². The average molecular weight is 339 g/mol. The van der Waals surface area contributed by atoms with Crippen LogP contribution in [0.15, 0.2) is 23.5 Å². The summed E-state index contributed by atoms with van der Waals surface area (Å²) in [6, 6.07) is -1.32. The Labute approximate surface area is 129 Å². The lowest BCUT2D eigenvalue weighted by Crippen LogP contribution is -2.32. The summed E-state index contributed by atoms with van der Waals surface area (Å²) in [5, 5.41) is 44.1. The van der Waals surface area contributed by atoms with Gasteiger partial charge in [-0.15, -0.1) is 0 Å². The fourth-order valence-corrected chi connectivity index (χ4v) is 2.31. The maximum atomic E-state index is 12.1. The molecule has 14 heteroatoms. The molecule has 0 saturated heterocycles. The van der Waals surface area contributed by atoms with E-state index in [2.05, 4.69) is 0 Å². The molecule has 1 aromatic rings. The van der Waals surface area contributed by atoms with Crippen molar-refractivity contribution in [1.82, 2.24) is 0 Å². The van der Waals surface area contributed by atoms with Crippen LogP contribution in [0.4, 0.5) is 11.4 Å². The molecule has 0 amide bonds. The monoisotopic (exact) mass is 339 g/mol. The first-order valence-electron chi connectivity index (χ1n) is 5.86. The van der Waals surface area contributed by atoms with Crippen LogP contribution < -0.4 is 5.73 Å². The predicted molar refractivity (Wildman–Crippen MR) is 72.0 cm³/mol. The standard InChI is InChI=1S/C10H5N5O9/c11-7-8(14(21)22)6-4(10(16)9(7)15(23)24)1-3(12(17)18)2-5(6)13(19)20/h1-2,8H,11H2/t8-/m1/s1. The number of allylic oxidation sites excluding steroid dienone is 1. The number of nitro groups is 4. The molecule has 1 aliphatic rings. The van der Waals surface area contributed by atoms with Gasteiger partial charge in [-0.1, -0.05) is 0 Å². The minimum absolute atomic E-state index is 0.424. The lowest BCUT2D eigenvalue weighted by atomic mass is 9.86. The van der Waals surface area contributed by atoms with Gasteiger partial charge in [-0.3, -0.25) is 45.3 Å². The van der Waals surface area contributed by atoms with Gasteiger partial charge in [-0.2, -0.15) is 0 Å². The van der Waals surface area contributed by atoms with Gasteiger partial charge in [0.1, 0.15) is 5.56 Å². The van der Waals surface area contributed by atoms with Crippen LogP contribution in [0.5, 0.6) is 0 Å². The number of fused-ring (bicyclic) bond motifs is 1. The Morgan fingerprint density at radius 1 is 0.917 bits per heavy atom. The highest BCUT2D eigenvalue weighted by atomic mass is 16.6. The van der Waals surface area contributed by atoms with Crippen molar-refractivity contribution in [3.05, 3.63) is 75.1 Å². The average Bonchev–Trinajstić information content (AvgIpc) is 2.45. The second-order valence-electron chi connectivity index (χ2n) is 4.52. The first-order valence-corrected chi connectivity index (χ1v) is 5.86. The van der Waals surface area contributed by atoms with Gasteiger partial charge >= 0.3 is 5.70 Å². The molecule has 2 N–H and O–H groups in total. The first kappa shape index (κ1) is 16.4. The molecule has 124 valence electrons. The van der Waals surface area contributed by atoms with Crippen molar-refractivity contribution in [3.8, 4) is 0 Å². The third-order valence-corrected chi connectivity index (χ3v) is 3.25. The normalized spacial score (nSPS) is 16.5. The molecule has 2 rings (SSSR count). The lowest BCUT2D eigenvalue weighted by molar-refractivity contribution is -0.523. The summed E-state index contributed by atoms with van der Waals surface area (Å²) in [4.78, 5) is 51.6. The minimum Gasteiger partial charge on any atom is -0.390 e. The molecule has 0 heterocycles. The Morgan fingerprint density at radius 2 is 1.50 bits per heavy atom. The van der Waals surface area contributed by atoms with Crippen LogP contribution in [0, 0.1) is 40.5 Å². The molecule has 24 heavy (non-hydrogen) atoms. The number of nitro benzene ring substituents is 2. The van der Waals surface area contributed by atoms with Crippen molar-refractivity contribution in [2.24, 2.45) is 5.73 Å².